The van der Waals surface area contributed by atoms with Gasteiger partial charge in [0.05, 0.1) is 11.9 Å². The molecule has 1 aromatic heterocycles. The maximum Gasteiger partial charge on any atom is 0.322 e. The molecule has 0 saturated heterocycles. The third-order valence-electron chi connectivity index (χ3n) is 1.64. The van der Waals surface area contributed by atoms with Crippen molar-refractivity contribution in [2.45, 2.75) is 20.0 Å². The highest BCUT2D eigenvalue weighted by Gasteiger charge is 2.07. The molecular weight excluding hydrogens is 272 g/mol. The second-order valence-electron chi connectivity index (χ2n) is 3.56. The highest BCUT2D eigenvalue weighted by atomic mass is 35.5. The van der Waals surface area contributed by atoms with Crippen molar-refractivity contribution in [1.29, 1.82) is 0 Å². The SMILES string of the molecule is C#CCSCCNc1nc(Cl)nc(OC(C)C)n1. The first-order chi connectivity index (χ1) is 8.61. The highest BCUT2D eigenvalue weighted by molar-refractivity contribution is 7.99. The van der Waals surface area contributed by atoms with Gasteiger partial charge in [-0.1, -0.05) is 5.92 Å². The standard InChI is InChI=1S/C11H15ClN4OS/c1-4-6-18-7-5-13-10-14-9(12)15-11(16-10)17-8(2)3/h1,8H,5-7H2,2-3H3,(H,13,14,15,16). The van der Waals surface area contributed by atoms with Crippen molar-refractivity contribution < 1.29 is 4.74 Å². The van der Waals surface area contributed by atoms with Crippen LogP contribution in [0.1, 0.15) is 13.8 Å². The lowest BCUT2D eigenvalue weighted by molar-refractivity contribution is 0.222. The third-order valence-corrected chi connectivity index (χ3v) is 2.68. The normalized spacial score (nSPS) is 10.2. The molecule has 18 heavy (non-hydrogen) atoms. The van der Waals surface area contributed by atoms with E-state index in [0.29, 0.717) is 18.2 Å². The Bertz CT molecular complexity index is 422. The number of hydrogen-bond acceptors (Lipinski definition) is 6. The van der Waals surface area contributed by atoms with Gasteiger partial charge < -0.3 is 10.1 Å². The number of hydrogen-bond donors (Lipinski definition) is 1. The number of nitrogens with one attached hydrogen (secondary N) is 1. The van der Waals surface area contributed by atoms with Crippen molar-refractivity contribution in [1.82, 2.24) is 15.0 Å². The molecule has 0 atom stereocenters. The van der Waals surface area contributed by atoms with Crippen LogP contribution < -0.4 is 10.1 Å². The van der Waals surface area contributed by atoms with E-state index in [9.17, 15) is 0 Å². The molecule has 1 rings (SSSR count). The fraction of sp³-hybridized carbons (Fsp3) is 0.545. The average molecular weight is 287 g/mol. The Morgan fingerprint density at radius 3 is 2.89 bits per heavy atom. The average Bonchev–Trinajstić information content (AvgIpc) is 2.27. The van der Waals surface area contributed by atoms with Crippen molar-refractivity contribution in [2.24, 2.45) is 0 Å². The number of halogens is 1. The lowest BCUT2D eigenvalue weighted by Crippen LogP contribution is -2.12. The number of nitrogens with zero attached hydrogens (tertiary/aromatic N) is 3. The quantitative estimate of drug-likeness (QED) is 0.612. The monoisotopic (exact) mass is 286 g/mol. The molecular formula is C11H15ClN4OS. The molecule has 7 heteroatoms. The van der Waals surface area contributed by atoms with Crippen LogP contribution in [0.2, 0.25) is 5.28 Å². The molecule has 0 fully saturated rings. The summed E-state index contributed by atoms with van der Waals surface area (Å²) in [7, 11) is 0. The minimum Gasteiger partial charge on any atom is -0.461 e. The lowest BCUT2D eigenvalue weighted by atomic mass is 10.5. The summed E-state index contributed by atoms with van der Waals surface area (Å²) in [4.78, 5) is 11.9. The molecule has 1 N–H and O–H groups in total. The zero-order valence-corrected chi connectivity index (χ0v) is 11.9. The van der Waals surface area contributed by atoms with Crippen LogP contribution in [0.15, 0.2) is 0 Å². The second-order valence-corrected chi connectivity index (χ2v) is 5.00. The number of anilines is 1. The molecule has 0 spiro atoms. The molecule has 0 aliphatic rings. The molecule has 5 nitrogen and oxygen atoms in total. The number of aromatic nitrogens is 3. The third kappa shape index (κ3) is 5.94. The second kappa shape index (κ2) is 8.01. The number of terminal acetylenes is 1. The van der Waals surface area contributed by atoms with Crippen LogP contribution in [0.3, 0.4) is 0 Å². The lowest BCUT2D eigenvalue weighted by Gasteiger charge is -2.09. The van der Waals surface area contributed by atoms with Gasteiger partial charge in [-0.25, -0.2) is 0 Å². The Hall–Kier alpha value is -1.19. The number of thioether (sulfide) groups is 1. The van der Waals surface area contributed by atoms with Gasteiger partial charge in [0.25, 0.3) is 0 Å². The smallest absolute Gasteiger partial charge is 0.322 e. The Morgan fingerprint density at radius 2 is 2.22 bits per heavy atom. The van der Waals surface area contributed by atoms with Gasteiger partial charge in [-0.15, -0.1) is 18.2 Å². The first kappa shape index (κ1) is 14.9. The minimum atomic E-state index is -0.0116. The van der Waals surface area contributed by atoms with Crippen LogP contribution in [0, 0.1) is 12.3 Å². The summed E-state index contributed by atoms with van der Waals surface area (Å²) < 4.78 is 5.36. The Balaban J connectivity index is 2.49. The van der Waals surface area contributed by atoms with Gasteiger partial charge in [-0.05, 0) is 25.4 Å². The van der Waals surface area contributed by atoms with Gasteiger partial charge in [0, 0.05) is 12.3 Å². The molecule has 0 unspecified atom stereocenters. The van der Waals surface area contributed by atoms with Crippen LogP contribution >= 0.6 is 23.4 Å². The van der Waals surface area contributed by atoms with Crippen LogP contribution in [-0.2, 0) is 0 Å². The molecule has 0 radical (unpaired) electrons. The van der Waals surface area contributed by atoms with Crippen LogP contribution in [-0.4, -0.2) is 39.1 Å². The van der Waals surface area contributed by atoms with E-state index in [1.807, 2.05) is 13.8 Å². The molecule has 0 bridgehead atoms. The van der Waals surface area contributed by atoms with Gasteiger partial charge in [0.2, 0.25) is 11.2 Å². The van der Waals surface area contributed by atoms with E-state index in [1.54, 1.807) is 11.8 Å². The largest absolute Gasteiger partial charge is 0.461 e. The molecule has 0 amide bonds. The van der Waals surface area contributed by atoms with Crippen LogP contribution in [0.4, 0.5) is 5.95 Å². The Labute approximate surface area is 116 Å². The summed E-state index contributed by atoms with van der Waals surface area (Å²) in [5.74, 6) is 4.53. The van der Waals surface area contributed by atoms with Crippen LogP contribution in [0.25, 0.3) is 0 Å². The predicted octanol–water partition coefficient (Wildman–Crippen LogP) is 2.09. The number of ether oxygens (including phenoxy) is 1. The molecule has 98 valence electrons. The molecule has 0 aromatic carbocycles. The summed E-state index contributed by atoms with van der Waals surface area (Å²) in [5, 5.41) is 3.15. The van der Waals surface area contributed by atoms with Gasteiger partial charge in [-0.3, -0.25) is 0 Å². The topological polar surface area (TPSA) is 59.9 Å². The zero-order valence-electron chi connectivity index (χ0n) is 10.3. The van der Waals surface area contributed by atoms with Gasteiger partial charge in [0.1, 0.15) is 0 Å². The van der Waals surface area contributed by atoms with Crippen molar-refractivity contribution >= 4 is 29.3 Å². The zero-order chi connectivity index (χ0) is 13.4. The van der Waals surface area contributed by atoms with E-state index in [-0.39, 0.29) is 17.4 Å². The van der Waals surface area contributed by atoms with Crippen molar-refractivity contribution in [3.8, 4) is 18.4 Å². The van der Waals surface area contributed by atoms with Gasteiger partial charge in [0.15, 0.2) is 0 Å². The molecule has 0 aliphatic heterocycles. The maximum absolute atomic E-state index is 5.78. The van der Waals surface area contributed by atoms with E-state index in [1.165, 1.54) is 0 Å². The summed E-state index contributed by atoms with van der Waals surface area (Å²) in [6.07, 6.45) is 5.14. The Morgan fingerprint density at radius 1 is 1.44 bits per heavy atom. The fourth-order valence-corrected chi connectivity index (χ4v) is 1.70. The van der Waals surface area contributed by atoms with Gasteiger partial charge >= 0.3 is 6.01 Å². The van der Waals surface area contributed by atoms with E-state index < -0.39 is 0 Å². The predicted molar refractivity (Wildman–Crippen MR) is 75.2 cm³/mol. The van der Waals surface area contributed by atoms with Crippen molar-refractivity contribution in [2.75, 3.05) is 23.4 Å². The van der Waals surface area contributed by atoms with E-state index >= 15 is 0 Å². The van der Waals surface area contributed by atoms with E-state index in [2.05, 4.69) is 26.2 Å². The summed E-state index contributed by atoms with van der Waals surface area (Å²) >= 11 is 7.44. The molecule has 0 saturated carbocycles. The maximum atomic E-state index is 5.78. The van der Waals surface area contributed by atoms with E-state index in [4.69, 9.17) is 22.8 Å². The van der Waals surface area contributed by atoms with E-state index in [0.717, 1.165) is 5.75 Å². The molecule has 0 aliphatic carbocycles. The van der Waals surface area contributed by atoms with Gasteiger partial charge in [-0.2, -0.15) is 15.0 Å². The first-order valence-electron chi connectivity index (χ1n) is 5.45. The minimum absolute atomic E-state index is 0.0116. The summed E-state index contributed by atoms with van der Waals surface area (Å²) in [6.45, 7) is 4.48. The molecule has 1 aromatic rings. The summed E-state index contributed by atoms with van der Waals surface area (Å²) in [5.41, 5.74) is 0. The highest BCUT2D eigenvalue weighted by Crippen LogP contribution is 2.12. The fourth-order valence-electron chi connectivity index (χ4n) is 1.04. The Kier molecular flexibility index (Phi) is 6.61. The first-order valence-corrected chi connectivity index (χ1v) is 6.98. The van der Waals surface area contributed by atoms with Crippen molar-refractivity contribution in [3.05, 3.63) is 5.28 Å². The molecule has 1 heterocycles. The van der Waals surface area contributed by atoms with Crippen molar-refractivity contribution in [3.63, 3.8) is 0 Å². The van der Waals surface area contributed by atoms with Crippen LogP contribution in [0.5, 0.6) is 6.01 Å². The summed E-state index contributed by atoms with van der Waals surface area (Å²) in [6, 6.07) is 0.226. The number of rotatable bonds is 7.